The number of amides is 1. The number of hydrogen-bond acceptors (Lipinski definition) is 4. The van der Waals surface area contributed by atoms with Gasteiger partial charge in [0.15, 0.2) is 0 Å². The maximum Gasteiger partial charge on any atom is 0.270 e. The largest absolute Gasteiger partial charge is 0.394 e. The number of nitrogens with one attached hydrogen (secondary N) is 1. The van der Waals surface area contributed by atoms with Crippen LogP contribution in [-0.2, 0) is 0 Å². The average molecular weight is 250 g/mol. The van der Waals surface area contributed by atoms with E-state index in [1.54, 1.807) is 6.92 Å². The fourth-order valence-electron chi connectivity index (χ4n) is 0.850. The first-order valence-electron chi connectivity index (χ1n) is 4.14. The Labute approximate surface area is 96.4 Å². The van der Waals surface area contributed by atoms with Crippen molar-refractivity contribution in [2.45, 2.75) is 13.0 Å². The van der Waals surface area contributed by atoms with Crippen LogP contribution in [0.4, 0.5) is 0 Å². The molecule has 0 aliphatic carbocycles. The molecule has 0 bridgehead atoms. The van der Waals surface area contributed by atoms with Crippen LogP contribution in [0.2, 0.25) is 10.4 Å². The van der Waals surface area contributed by atoms with Crippen LogP contribution in [0.1, 0.15) is 17.4 Å². The molecule has 1 aromatic rings. The number of aliphatic hydroxyl groups is 1. The number of halogens is 2. The zero-order valence-corrected chi connectivity index (χ0v) is 9.38. The van der Waals surface area contributed by atoms with E-state index in [1.165, 1.54) is 6.07 Å². The Morgan fingerprint density at radius 3 is 2.80 bits per heavy atom. The van der Waals surface area contributed by atoms with Crippen molar-refractivity contribution in [1.82, 2.24) is 15.3 Å². The SMILES string of the molecule is CC(CO)NC(=O)c1cc(Cl)nc(Cl)n1. The van der Waals surface area contributed by atoms with Crippen molar-refractivity contribution < 1.29 is 9.90 Å². The Bertz CT molecular complexity index is 353. The summed E-state index contributed by atoms with van der Waals surface area (Å²) < 4.78 is 0. The predicted octanol–water partition coefficient (Wildman–Crippen LogP) is 0.894. The van der Waals surface area contributed by atoms with Gasteiger partial charge < -0.3 is 10.4 Å². The van der Waals surface area contributed by atoms with E-state index in [2.05, 4.69) is 15.3 Å². The Kier molecular flexibility index (Phi) is 4.26. The van der Waals surface area contributed by atoms with Crippen molar-refractivity contribution in [2.24, 2.45) is 0 Å². The quantitative estimate of drug-likeness (QED) is 0.617. The lowest BCUT2D eigenvalue weighted by molar-refractivity contribution is 0.0917. The molecule has 82 valence electrons. The Hall–Kier alpha value is -0.910. The molecule has 1 atom stereocenters. The first kappa shape index (κ1) is 12.2. The molecule has 1 rings (SSSR count). The molecule has 1 unspecified atom stereocenters. The van der Waals surface area contributed by atoms with E-state index >= 15 is 0 Å². The zero-order chi connectivity index (χ0) is 11.4. The van der Waals surface area contributed by atoms with E-state index < -0.39 is 5.91 Å². The summed E-state index contributed by atoms with van der Waals surface area (Å²) in [5.41, 5.74) is 0.0697. The maximum absolute atomic E-state index is 11.5. The van der Waals surface area contributed by atoms with Crippen molar-refractivity contribution in [1.29, 1.82) is 0 Å². The van der Waals surface area contributed by atoms with Crippen molar-refractivity contribution in [2.75, 3.05) is 6.61 Å². The van der Waals surface area contributed by atoms with Crippen molar-refractivity contribution >= 4 is 29.1 Å². The summed E-state index contributed by atoms with van der Waals surface area (Å²) in [4.78, 5) is 18.8. The third kappa shape index (κ3) is 3.62. The summed E-state index contributed by atoms with van der Waals surface area (Å²) in [7, 11) is 0. The first-order chi connectivity index (χ1) is 7.02. The van der Waals surface area contributed by atoms with Gasteiger partial charge in [0.1, 0.15) is 10.8 Å². The smallest absolute Gasteiger partial charge is 0.270 e. The lowest BCUT2D eigenvalue weighted by atomic mass is 10.3. The molecule has 15 heavy (non-hydrogen) atoms. The van der Waals surface area contributed by atoms with Gasteiger partial charge in [-0.3, -0.25) is 4.79 Å². The van der Waals surface area contributed by atoms with Crippen LogP contribution in [0.5, 0.6) is 0 Å². The highest BCUT2D eigenvalue weighted by atomic mass is 35.5. The number of rotatable bonds is 3. The summed E-state index contributed by atoms with van der Waals surface area (Å²) in [6.45, 7) is 1.50. The van der Waals surface area contributed by atoms with Crippen molar-refractivity contribution in [3.8, 4) is 0 Å². The zero-order valence-electron chi connectivity index (χ0n) is 7.87. The van der Waals surface area contributed by atoms with Crippen LogP contribution in [-0.4, -0.2) is 33.6 Å². The van der Waals surface area contributed by atoms with Crippen molar-refractivity contribution in [3.05, 3.63) is 22.2 Å². The average Bonchev–Trinajstić information content (AvgIpc) is 2.16. The predicted molar refractivity (Wildman–Crippen MR) is 56.1 cm³/mol. The highest BCUT2D eigenvalue weighted by Crippen LogP contribution is 2.10. The van der Waals surface area contributed by atoms with E-state index in [-0.39, 0.29) is 28.8 Å². The molecule has 0 saturated carbocycles. The fraction of sp³-hybridized carbons (Fsp3) is 0.375. The van der Waals surface area contributed by atoms with Crippen LogP contribution in [0, 0.1) is 0 Å². The normalized spacial score (nSPS) is 12.3. The van der Waals surface area contributed by atoms with Crippen LogP contribution >= 0.6 is 23.2 Å². The van der Waals surface area contributed by atoms with Crippen LogP contribution < -0.4 is 5.32 Å². The van der Waals surface area contributed by atoms with Gasteiger partial charge in [-0.1, -0.05) is 11.6 Å². The second-order valence-corrected chi connectivity index (χ2v) is 3.63. The lowest BCUT2D eigenvalue weighted by Gasteiger charge is -2.09. The second-order valence-electron chi connectivity index (χ2n) is 2.90. The molecular formula is C8H9Cl2N3O2. The summed E-state index contributed by atoms with van der Waals surface area (Å²) in [5.74, 6) is -0.456. The van der Waals surface area contributed by atoms with Crippen LogP contribution in [0.25, 0.3) is 0 Å². The van der Waals surface area contributed by atoms with E-state index in [1.807, 2.05) is 0 Å². The van der Waals surface area contributed by atoms with E-state index in [9.17, 15) is 4.79 Å². The molecule has 7 heteroatoms. The monoisotopic (exact) mass is 249 g/mol. The number of carbonyl (C=O) groups excluding carboxylic acids is 1. The highest BCUT2D eigenvalue weighted by Gasteiger charge is 2.12. The summed E-state index contributed by atoms with van der Waals surface area (Å²) in [6.07, 6.45) is 0. The number of aliphatic hydroxyl groups excluding tert-OH is 1. The number of nitrogens with zero attached hydrogens (tertiary/aromatic N) is 2. The Morgan fingerprint density at radius 2 is 2.27 bits per heavy atom. The second kappa shape index (κ2) is 5.25. The summed E-state index contributed by atoms with van der Waals surface area (Å²) in [5, 5.41) is 11.2. The molecule has 0 spiro atoms. The van der Waals surface area contributed by atoms with Gasteiger partial charge in [-0.2, -0.15) is 0 Å². The van der Waals surface area contributed by atoms with E-state index in [4.69, 9.17) is 28.3 Å². The summed E-state index contributed by atoms with van der Waals surface area (Å²) >= 11 is 11.1. The Morgan fingerprint density at radius 1 is 1.60 bits per heavy atom. The lowest BCUT2D eigenvalue weighted by Crippen LogP contribution is -2.35. The number of carbonyl (C=O) groups is 1. The highest BCUT2D eigenvalue weighted by molar-refractivity contribution is 6.32. The molecule has 1 aromatic heterocycles. The van der Waals surface area contributed by atoms with Gasteiger partial charge in [0.25, 0.3) is 5.91 Å². The molecule has 0 radical (unpaired) electrons. The number of hydrogen-bond donors (Lipinski definition) is 2. The molecule has 0 aliphatic rings. The van der Waals surface area contributed by atoms with Crippen molar-refractivity contribution in [3.63, 3.8) is 0 Å². The third-order valence-corrected chi connectivity index (χ3v) is 1.91. The minimum Gasteiger partial charge on any atom is -0.394 e. The van der Waals surface area contributed by atoms with Gasteiger partial charge in [0, 0.05) is 12.1 Å². The van der Waals surface area contributed by atoms with Gasteiger partial charge in [-0.25, -0.2) is 9.97 Å². The standard InChI is InChI=1S/C8H9Cl2N3O2/c1-4(3-14)11-7(15)5-2-6(9)13-8(10)12-5/h2,4,14H,3H2,1H3,(H,11,15). The third-order valence-electron chi connectivity index (χ3n) is 1.55. The molecule has 5 nitrogen and oxygen atoms in total. The van der Waals surface area contributed by atoms with Gasteiger partial charge in [-0.15, -0.1) is 0 Å². The fourth-order valence-corrected chi connectivity index (χ4v) is 1.26. The van der Waals surface area contributed by atoms with Crippen LogP contribution in [0.3, 0.4) is 0 Å². The maximum atomic E-state index is 11.5. The molecule has 2 N–H and O–H groups in total. The van der Waals surface area contributed by atoms with Gasteiger partial charge in [0.2, 0.25) is 5.28 Å². The Balaban J connectivity index is 2.82. The van der Waals surface area contributed by atoms with Gasteiger partial charge >= 0.3 is 0 Å². The molecule has 0 aliphatic heterocycles. The van der Waals surface area contributed by atoms with E-state index in [0.29, 0.717) is 0 Å². The molecule has 0 aromatic carbocycles. The van der Waals surface area contributed by atoms with Gasteiger partial charge in [0.05, 0.1) is 6.61 Å². The van der Waals surface area contributed by atoms with Gasteiger partial charge in [-0.05, 0) is 18.5 Å². The molecule has 0 saturated heterocycles. The van der Waals surface area contributed by atoms with Crippen LogP contribution in [0.15, 0.2) is 6.07 Å². The van der Waals surface area contributed by atoms with E-state index in [0.717, 1.165) is 0 Å². The minimum absolute atomic E-state index is 0.0697. The molecular weight excluding hydrogens is 241 g/mol. The number of aromatic nitrogens is 2. The molecule has 1 amide bonds. The topological polar surface area (TPSA) is 75.1 Å². The summed E-state index contributed by atoms with van der Waals surface area (Å²) in [6, 6.07) is 0.942. The molecule has 0 fully saturated rings. The minimum atomic E-state index is -0.456. The first-order valence-corrected chi connectivity index (χ1v) is 4.90. The molecule has 1 heterocycles.